The van der Waals surface area contributed by atoms with E-state index in [0.717, 1.165) is 31.8 Å². The minimum atomic E-state index is 0.212. The van der Waals surface area contributed by atoms with Crippen LogP contribution in [0.4, 0.5) is 0 Å². The normalized spacial score (nSPS) is 18.6. The maximum atomic E-state index is 12.2. The van der Waals surface area contributed by atoms with Crippen molar-refractivity contribution < 1.29 is 9.53 Å². The van der Waals surface area contributed by atoms with Crippen LogP contribution in [-0.2, 0) is 4.79 Å². The van der Waals surface area contributed by atoms with Gasteiger partial charge in [-0.2, -0.15) is 0 Å². The van der Waals surface area contributed by atoms with Crippen LogP contribution in [0.25, 0.3) is 0 Å². The molecule has 1 aliphatic rings. The van der Waals surface area contributed by atoms with E-state index in [-0.39, 0.29) is 5.91 Å². The van der Waals surface area contributed by atoms with Crippen LogP contribution < -0.4 is 10.1 Å². The number of likely N-dealkylation sites (tertiary alicyclic amines) is 1. The number of nitrogens with one attached hydrogen (secondary N) is 1. The molecule has 1 N–H and O–H groups in total. The number of aryl methyl sites for hydroxylation is 1. The Morgan fingerprint density at radius 2 is 2.33 bits per heavy atom. The monoisotopic (exact) mass is 290 g/mol. The highest BCUT2D eigenvalue weighted by Gasteiger charge is 2.22. The molecule has 1 atom stereocenters. The van der Waals surface area contributed by atoms with Crippen LogP contribution in [0.1, 0.15) is 24.8 Å². The Labute approximate surface area is 127 Å². The number of hydrogen-bond donors (Lipinski definition) is 1. The van der Waals surface area contributed by atoms with Crippen LogP contribution in [0.2, 0.25) is 0 Å². The second kappa shape index (κ2) is 8.03. The zero-order chi connectivity index (χ0) is 15.1. The predicted molar refractivity (Wildman–Crippen MR) is 84.5 cm³/mol. The van der Waals surface area contributed by atoms with Gasteiger partial charge < -0.3 is 15.0 Å². The van der Waals surface area contributed by atoms with Gasteiger partial charge in [0.2, 0.25) is 5.91 Å². The lowest BCUT2D eigenvalue weighted by atomic mass is 9.98. The van der Waals surface area contributed by atoms with Crippen LogP contribution >= 0.6 is 0 Å². The summed E-state index contributed by atoms with van der Waals surface area (Å²) < 4.78 is 5.66. The first-order valence-electron chi connectivity index (χ1n) is 7.81. The number of amides is 1. The standard InChI is InChI=1S/C17H26N2O2/c1-14-5-3-7-16(11-14)21-10-8-17(20)19-9-4-6-15(13-19)12-18-2/h3,5,7,11,15,18H,4,6,8-10,12-13H2,1-2H3. The van der Waals surface area contributed by atoms with E-state index in [0.29, 0.717) is 18.9 Å². The predicted octanol–water partition coefficient (Wildman–Crippen LogP) is 2.22. The zero-order valence-corrected chi connectivity index (χ0v) is 13.1. The molecule has 0 bridgehead atoms. The van der Waals surface area contributed by atoms with Gasteiger partial charge in [-0.25, -0.2) is 0 Å². The minimum absolute atomic E-state index is 0.212. The average Bonchev–Trinajstić information content (AvgIpc) is 2.48. The SMILES string of the molecule is CNCC1CCCN(C(=O)CCOc2cccc(C)c2)C1. The van der Waals surface area contributed by atoms with E-state index in [2.05, 4.69) is 5.32 Å². The van der Waals surface area contributed by atoms with E-state index in [1.807, 2.05) is 43.1 Å². The first-order chi connectivity index (χ1) is 10.2. The van der Waals surface area contributed by atoms with Crippen molar-refractivity contribution in [3.05, 3.63) is 29.8 Å². The highest BCUT2D eigenvalue weighted by atomic mass is 16.5. The Bertz CT molecular complexity index is 460. The summed E-state index contributed by atoms with van der Waals surface area (Å²) in [5, 5.41) is 3.20. The Hall–Kier alpha value is -1.55. The fourth-order valence-electron chi connectivity index (χ4n) is 2.87. The topological polar surface area (TPSA) is 41.6 Å². The molecule has 1 heterocycles. The molecule has 116 valence electrons. The molecule has 1 aromatic carbocycles. The van der Waals surface area contributed by atoms with Gasteiger partial charge in [0.25, 0.3) is 0 Å². The average molecular weight is 290 g/mol. The molecule has 0 saturated carbocycles. The van der Waals surface area contributed by atoms with Crippen molar-refractivity contribution in [1.82, 2.24) is 10.2 Å². The van der Waals surface area contributed by atoms with Crippen molar-refractivity contribution in [2.45, 2.75) is 26.2 Å². The third-order valence-corrected chi connectivity index (χ3v) is 3.94. The number of benzene rings is 1. The van der Waals surface area contributed by atoms with Crippen LogP contribution in [0.15, 0.2) is 24.3 Å². The van der Waals surface area contributed by atoms with E-state index >= 15 is 0 Å². The second-order valence-corrected chi connectivity index (χ2v) is 5.82. The van der Waals surface area contributed by atoms with Gasteiger partial charge in [-0.3, -0.25) is 4.79 Å². The van der Waals surface area contributed by atoms with Crippen molar-refractivity contribution in [1.29, 1.82) is 0 Å². The lowest BCUT2D eigenvalue weighted by Crippen LogP contribution is -2.42. The summed E-state index contributed by atoms with van der Waals surface area (Å²) in [6.07, 6.45) is 2.78. The highest BCUT2D eigenvalue weighted by Crippen LogP contribution is 2.17. The van der Waals surface area contributed by atoms with Crippen LogP contribution in [0.5, 0.6) is 5.75 Å². The lowest BCUT2D eigenvalue weighted by molar-refractivity contribution is -0.133. The number of rotatable bonds is 6. The Kier molecular flexibility index (Phi) is 6.05. The molecule has 1 amide bonds. The Morgan fingerprint density at radius 3 is 3.10 bits per heavy atom. The summed E-state index contributed by atoms with van der Waals surface area (Å²) in [6.45, 7) is 5.25. The van der Waals surface area contributed by atoms with Crippen LogP contribution in [0.3, 0.4) is 0 Å². The highest BCUT2D eigenvalue weighted by molar-refractivity contribution is 5.76. The Morgan fingerprint density at radius 1 is 1.48 bits per heavy atom. The number of nitrogens with zero attached hydrogens (tertiary/aromatic N) is 1. The summed E-state index contributed by atoms with van der Waals surface area (Å²) in [5.74, 6) is 1.64. The lowest BCUT2D eigenvalue weighted by Gasteiger charge is -2.32. The van der Waals surface area contributed by atoms with Crippen molar-refractivity contribution in [2.75, 3.05) is 33.3 Å². The fraction of sp³-hybridized carbons (Fsp3) is 0.588. The second-order valence-electron chi connectivity index (χ2n) is 5.82. The molecular formula is C17H26N2O2. The van der Waals surface area contributed by atoms with Gasteiger partial charge in [-0.05, 0) is 57.0 Å². The van der Waals surface area contributed by atoms with E-state index in [9.17, 15) is 4.79 Å². The minimum Gasteiger partial charge on any atom is -0.493 e. The van der Waals surface area contributed by atoms with Gasteiger partial charge in [0.1, 0.15) is 5.75 Å². The molecule has 0 aliphatic carbocycles. The largest absolute Gasteiger partial charge is 0.493 e. The molecule has 1 fully saturated rings. The fourth-order valence-corrected chi connectivity index (χ4v) is 2.87. The van der Waals surface area contributed by atoms with E-state index in [4.69, 9.17) is 4.74 Å². The van der Waals surface area contributed by atoms with Gasteiger partial charge in [0, 0.05) is 13.1 Å². The van der Waals surface area contributed by atoms with Crippen LogP contribution in [0, 0.1) is 12.8 Å². The van der Waals surface area contributed by atoms with Crippen molar-refractivity contribution >= 4 is 5.91 Å². The van der Waals surface area contributed by atoms with Crippen molar-refractivity contribution in [2.24, 2.45) is 5.92 Å². The smallest absolute Gasteiger partial charge is 0.226 e. The molecule has 2 rings (SSSR count). The van der Waals surface area contributed by atoms with E-state index < -0.39 is 0 Å². The van der Waals surface area contributed by atoms with Gasteiger partial charge in [-0.1, -0.05) is 12.1 Å². The molecule has 0 aromatic heterocycles. The summed E-state index contributed by atoms with van der Waals surface area (Å²) in [6, 6.07) is 7.93. The number of carbonyl (C=O) groups excluding carboxylic acids is 1. The maximum Gasteiger partial charge on any atom is 0.226 e. The molecule has 1 saturated heterocycles. The molecule has 0 spiro atoms. The summed E-state index contributed by atoms with van der Waals surface area (Å²) >= 11 is 0. The molecule has 1 unspecified atom stereocenters. The first kappa shape index (κ1) is 15.8. The molecule has 0 radical (unpaired) electrons. The number of ether oxygens (including phenoxy) is 1. The van der Waals surface area contributed by atoms with Crippen LogP contribution in [-0.4, -0.2) is 44.1 Å². The third kappa shape index (κ3) is 5.05. The molecule has 1 aliphatic heterocycles. The van der Waals surface area contributed by atoms with Gasteiger partial charge in [0.15, 0.2) is 0 Å². The number of carbonyl (C=O) groups is 1. The molecule has 4 nitrogen and oxygen atoms in total. The zero-order valence-electron chi connectivity index (χ0n) is 13.1. The molecule has 4 heteroatoms. The van der Waals surface area contributed by atoms with Gasteiger partial charge >= 0.3 is 0 Å². The quantitative estimate of drug-likeness (QED) is 0.873. The van der Waals surface area contributed by atoms with E-state index in [1.165, 1.54) is 12.0 Å². The van der Waals surface area contributed by atoms with Gasteiger partial charge in [-0.15, -0.1) is 0 Å². The first-order valence-corrected chi connectivity index (χ1v) is 7.81. The Balaban J connectivity index is 1.74. The summed E-state index contributed by atoms with van der Waals surface area (Å²) in [7, 11) is 1.97. The van der Waals surface area contributed by atoms with E-state index in [1.54, 1.807) is 0 Å². The number of hydrogen-bond acceptors (Lipinski definition) is 3. The summed E-state index contributed by atoms with van der Waals surface area (Å²) in [5.41, 5.74) is 1.17. The van der Waals surface area contributed by atoms with Crippen molar-refractivity contribution in [3.8, 4) is 5.75 Å². The molecule has 21 heavy (non-hydrogen) atoms. The summed E-state index contributed by atoms with van der Waals surface area (Å²) in [4.78, 5) is 14.2. The van der Waals surface area contributed by atoms with Crippen molar-refractivity contribution in [3.63, 3.8) is 0 Å². The molecular weight excluding hydrogens is 264 g/mol. The molecule has 1 aromatic rings. The van der Waals surface area contributed by atoms with Gasteiger partial charge in [0.05, 0.1) is 13.0 Å². The maximum absolute atomic E-state index is 12.2. The number of piperidine rings is 1. The third-order valence-electron chi connectivity index (χ3n) is 3.94.